The fourth-order valence-electron chi connectivity index (χ4n) is 2.99. The summed E-state index contributed by atoms with van der Waals surface area (Å²) in [5.41, 5.74) is 1.84. The Balaban J connectivity index is 1.74. The first-order valence-electron chi connectivity index (χ1n) is 7.89. The third-order valence-electron chi connectivity index (χ3n) is 4.31. The summed E-state index contributed by atoms with van der Waals surface area (Å²) in [5, 5.41) is 10.6. The molecule has 1 fully saturated rings. The number of hydrogen-bond donors (Lipinski definition) is 1. The van der Waals surface area contributed by atoms with E-state index in [0.29, 0.717) is 5.02 Å². The van der Waals surface area contributed by atoms with Crippen molar-refractivity contribution in [1.82, 2.24) is 14.8 Å². The molecule has 2 heterocycles. The Kier molecular flexibility index (Phi) is 5.33. The number of ether oxygens (including phenoxy) is 1. The van der Waals surface area contributed by atoms with Gasteiger partial charge in [-0.05, 0) is 24.3 Å². The number of methoxy groups -OCH3 is 1. The molecular weight excluding hydrogens is 314 g/mol. The number of pyridine rings is 1. The number of halogens is 1. The van der Waals surface area contributed by atoms with Crippen molar-refractivity contribution in [2.75, 3.05) is 46.4 Å². The fourth-order valence-corrected chi connectivity index (χ4v) is 3.21. The van der Waals surface area contributed by atoms with Crippen LogP contribution in [0.3, 0.4) is 0 Å². The van der Waals surface area contributed by atoms with Gasteiger partial charge in [0.2, 0.25) is 0 Å². The molecule has 0 saturated carbocycles. The largest absolute Gasteiger partial charge is 0.494 e. The van der Waals surface area contributed by atoms with Crippen molar-refractivity contribution in [2.24, 2.45) is 0 Å². The monoisotopic (exact) mass is 335 g/mol. The van der Waals surface area contributed by atoms with Gasteiger partial charge in [0.25, 0.3) is 0 Å². The second kappa shape index (κ2) is 7.45. The van der Waals surface area contributed by atoms with Crippen LogP contribution in [0.1, 0.15) is 5.69 Å². The SMILES string of the molecule is COc1ccc(Cl)c2ccc(CN3CCN(CCO)CC3)nc12. The highest BCUT2D eigenvalue weighted by atomic mass is 35.5. The molecule has 3 rings (SSSR count). The van der Waals surface area contributed by atoms with Crippen molar-refractivity contribution in [1.29, 1.82) is 0 Å². The molecule has 0 spiro atoms. The number of fused-ring (bicyclic) bond motifs is 1. The van der Waals surface area contributed by atoms with Crippen molar-refractivity contribution in [3.8, 4) is 5.75 Å². The van der Waals surface area contributed by atoms with E-state index < -0.39 is 0 Å². The van der Waals surface area contributed by atoms with Gasteiger partial charge in [0.1, 0.15) is 11.3 Å². The summed E-state index contributed by atoms with van der Waals surface area (Å²) in [5.74, 6) is 0.749. The Labute approximate surface area is 141 Å². The van der Waals surface area contributed by atoms with Crippen LogP contribution in [0.25, 0.3) is 10.9 Å². The van der Waals surface area contributed by atoms with Gasteiger partial charge in [0, 0.05) is 44.7 Å². The molecule has 1 aliphatic heterocycles. The average Bonchev–Trinajstić information content (AvgIpc) is 2.57. The summed E-state index contributed by atoms with van der Waals surface area (Å²) in [6.07, 6.45) is 0. The second-order valence-corrected chi connectivity index (χ2v) is 6.20. The Morgan fingerprint density at radius 1 is 1.13 bits per heavy atom. The van der Waals surface area contributed by atoms with Crippen LogP contribution in [0.5, 0.6) is 5.75 Å². The van der Waals surface area contributed by atoms with Gasteiger partial charge in [-0.25, -0.2) is 4.98 Å². The quantitative estimate of drug-likeness (QED) is 0.905. The number of rotatable bonds is 5. The molecule has 6 heteroatoms. The maximum absolute atomic E-state index is 9.00. The highest BCUT2D eigenvalue weighted by Crippen LogP contribution is 2.30. The molecule has 0 atom stereocenters. The topological polar surface area (TPSA) is 48.8 Å². The molecular formula is C17H22ClN3O2. The van der Waals surface area contributed by atoms with Gasteiger partial charge in [-0.2, -0.15) is 0 Å². The van der Waals surface area contributed by atoms with Gasteiger partial charge in [0.15, 0.2) is 0 Å². The molecule has 5 nitrogen and oxygen atoms in total. The summed E-state index contributed by atoms with van der Waals surface area (Å²) in [4.78, 5) is 9.42. The third kappa shape index (κ3) is 3.75. The molecule has 0 aliphatic carbocycles. The van der Waals surface area contributed by atoms with Gasteiger partial charge < -0.3 is 9.84 Å². The number of β-amino-alcohol motifs (C(OH)–C–C–N with tert-alkyl or cyclic N) is 1. The summed E-state index contributed by atoms with van der Waals surface area (Å²) < 4.78 is 5.40. The van der Waals surface area contributed by atoms with Gasteiger partial charge in [0.05, 0.1) is 24.4 Å². The molecule has 2 aromatic rings. The van der Waals surface area contributed by atoms with Crippen molar-refractivity contribution >= 4 is 22.5 Å². The zero-order chi connectivity index (χ0) is 16.2. The van der Waals surface area contributed by atoms with Gasteiger partial charge in [-0.15, -0.1) is 0 Å². The number of aromatic nitrogens is 1. The van der Waals surface area contributed by atoms with Crippen LogP contribution in [-0.4, -0.2) is 66.3 Å². The summed E-state index contributed by atoms with van der Waals surface area (Å²) in [6.45, 7) is 5.77. The fraction of sp³-hybridized carbons (Fsp3) is 0.471. The number of aliphatic hydroxyl groups excluding tert-OH is 1. The van der Waals surface area contributed by atoms with Crippen LogP contribution >= 0.6 is 11.6 Å². The van der Waals surface area contributed by atoms with E-state index >= 15 is 0 Å². The minimum absolute atomic E-state index is 0.229. The van der Waals surface area contributed by atoms with Crippen molar-refractivity contribution in [2.45, 2.75) is 6.54 Å². The van der Waals surface area contributed by atoms with Gasteiger partial charge >= 0.3 is 0 Å². The lowest BCUT2D eigenvalue weighted by Gasteiger charge is -2.34. The first kappa shape index (κ1) is 16.5. The maximum atomic E-state index is 9.00. The van der Waals surface area contributed by atoms with E-state index in [4.69, 9.17) is 26.4 Å². The van der Waals surface area contributed by atoms with Crippen LogP contribution < -0.4 is 4.74 Å². The maximum Gasteiger partial charge on any atom is 0.145 e. The molecule has 23 heavy (non-hydrogen) atoms. The van der Waals surface area contributed by atoms with E-state index in [1.165, 1.54) is 0 Å². The Morgan fingerprint density at radius 3 is 2.57 bits per heavy atom. The highest BCUT2D eigenvalue weighted by molar-refractivity contribution is 6.35. The lowest BCUT2D eigenvalue weighted by atomic mass is 10.1. The number of nitrogens with zero attached hydrogens (tertiary/aromatic N) is 3. The number of piperazine rings is 1. The molecule has 0 amide bonds. The van der Waals surface area contributed by atoms with E-state index in [1.54, 1.807) is 7.11 Å². The first-order valence-corrected chi connectivity index (χ1v) is 8.27. The predicted molar refractivity (Wildman–Crippen MR) is 92.1 cm³/mol. The average molecular weight is 336 g/mol. The predicted octanol–water partition coefficient (Wildman–Crippen LogP) is 2.01. The minimum Gasteiger partial charge on any atom is -0.494 e. The van der Waals surface area contributed by atoms with Crippen LogP contribution in [0.2, 0.25) is 5.02 Å². The molecule has 1 aliphatic rings. The highest BCUT2D eigenvalue weighted by Gasteiger charge is 2.17. The molecule has 1 N–H and O–H groups in total. The first-order chi connectivity index (χ1) is 11.2. The lowest BCUT2D eigenvalue weighted by Crippen LogP contribution is -2.46. The van der Waals surface area contributed by atoms with Crippen LogP contribution in [0.4, 0.5) is 0 Å². The van der Waals surface area contributed by atoms with Crippen molar-refractivity contribution in [3.05, 3.63) is 35.0 Å². The zero-order valence-electron chi connectivity index (χ0n) is 13.3. The van der Waals surface area contributed by atoms with Gasteiger partial charge in [-0.3, -0.25) is 9.80 Å². The second-order valence-electron chi connectivity index (χ2n) is 5.79. The Hall–Kier alpha value is -1.40. The lowest BCUT2D eigenvalue weighted by molar-refractivity contribution is 0.108. The van der Waals surface area contributed by atoms with E-state index in [1.807, 2.05) is 24.3 Å². The molecule has 0 unspecified atom stereocenters. The molecule has 0 bridgehead atoms. The molecule has 124 valence electrons. The van der Waals surface area contributed by atoms with Crippen LogP contribution in [0.15, 0.2) is 24.3 Å². The van der Waals surface area contributed by atoms with E-state index in [-0.39, 0.29) is 6.61 Å². The normalized spacial score (nSPS) is 16.8. The molecule has 0 radical (unpaired) electrons. The Morgan fingerprint density at radius 2 is 1.87 bits per heavy atom. The smallest absolute Gasteiger partial charge is 0.145 e. The zero-order valence-corrected chi connectivity index (χ0v) is 14.1. The molecule has 1 aromatic heterocycles. The van der Waals surface area contributed by atoms with Crippen molar-refractivity contribution in [3.63, 3.8) is 0 Å². The van der Waals surface area contributed by atoms with E-state index in [2.05, 4.69) is 9.80 Å². The van der Waals surface area contributed by atoms with E-state index in [0.717, 1.165) is 61.6 Å². The Bertz CT molecular complexity index is 672. The number of aliphatic hydroxyl groups is 1. The van der Waals surface area contributed by atoms with Gasteiger partial charge in [-0.1, -0.05) is 11.6 Å². The van der Waals surface area contributed by atoms with Crippen LogP contribution in [-0.2, 0) is 6.54 Å². The minimum atomic E-state index is 0.229. The summed E-state index contributed by atoms with van der Waals surface area (Å²) in [6, 6.07) is 7.75. The third-order valence-corrected chi connectivity index (χ3v) is 4.64. The summed E-state index contributed by atoms with van der Waals surface area (Å²) in [7, 11) is 1.65. The number of benzene rings is 1. The van der Waals surface area contributed by atoms with Crippen LogP contribution in [0, 0.1) is 0 Å². The number of hydrogen-bond acceptors (Lipinski definition) is 5. The van der Waals surface area contributed by atoms with E-state index in [9.17, 15) is 0 Å². The van der Waals surface area contributed by atoms with Crippen molar-refractivity contribution < 1.29 is 9.84 Å². The molecule has 1 saturated heterocycles. The standard InChI is InChI=1S/C17H22ClN3O2/c1-23-16-5-4-15(18)14-3-2-13(19-17(14)16)12-21-8-6-20(7-9-21)10-11-22/h2-5,22H,6-12H2,1H3. The molecule has 1 aromatic carbocycles. The summed E-state index contributed by atoms with van der Waals surface area (Å²) >= 11 is 6.24.